The summed E-state index contributed by atoms with van der Waals surface area (Å²) in [6, 6.07) is 22.4. The Kier molecular flexibility index (Phi) is 13.8. The van der Waals surface area contributed by atoms with Crippen molar-refractivity contribution in [1.82, 2.24) is 0 Å². The van der Waals surface area contributed by atoms with Crippen LogP contribution in [0.1, 0.15) is 5.56 Å². The molecule has 0 aliphatic heterocycles. The van der Waals surface area contributed by atoms with Crippen molar-refractivity contribution >= 4 is 81.9 Å². The molecule has 2 amide bonds. The minimum absolute atomic E-state index is 0. The van der Waals surface area contributed by atoms with Crippen LogP contribution in [0.15, 0.2) is 127 Å². The van der Waals surface area contributed by atoms with Crippen LogP contribution in [-0.2, 0) is 20.2 Å². The minimum atomic E-state index is -4.97. The summed E-state index contributed by atoms with van der Waals surface area (Å²) in [6.45, 7) is 1.75. The van der Waals surface area contributed by atoms with Crippen LogP contribution >= 0.6 is 0 Å². The van der Waals surface area contributed by atoms with E-state index in [9.17, 15) is 40.9 Å². The van der Waals surface area contributed by atoms with Gasteiger partial charge in [-0.2, -0.15) is 21.9 Å². The molecule has 16 nitrogen and oxygen atoms in total. The smallest absolute Gasteiger partial charge is 0.871 e. The number of hydrogen-bond donors (Lipinski definition) is 4. The SMILES string of the molecule is COc1ccccc1N=Nc1c(S(=O)(=O)O)cc2cc(NC(=O)Nc3ccc4c([O-])c(N=Nc5ccccc5C)c(S(=O)(=O)O)cc4c3)ccc2c1[O-].[Na+].[Na+]. The Labute approximate surface area is 358 Å². The van der Waals surface area contributed by atoms with Crippen LogP contribution in [0.2, 0.25) is 0 Å². The molecular weight excluding hydrogens is 775 g/mol. The number of carbonyl (C=O) groups is 1. The van der Waals surface area contributed by atoms with E-state index in [1.54, 1.807) is 49.4 Å². The number of azo groups is 2. The van der Waals surface area contributed by atoms with Gasteiger partial charge in [0.1, 0.15) is 21.2 Å². The summed E-state index contributed by atoms with van der Waals surface area (Å²) in [6.07, 6.45) is 0. The molecular formula is C35H26N6Na2O10S2. The number of fused-ring (bicyclic) bond motifs is 2. The maximum absolute atomic E-state index is 13.4. The molecule has 0 saturated heterocycles. The molecule has 0 heterocycles. The van der Waals surface area contributed by atoms with Gasteiger partial charge in [-0.15, -0.1) is 15.3 Å². The van der Waals surface area contributed by atoms with Crippen LogP contribution in [0, 0.1) is 6.92 Å². The molecule has 6 aromatic rings. The van der Waals surface area contributed by atoms with Crippen molar-refractivity contribution in [1.29, 1.82) is 0 Å². The monoisotopic (exact) mass is 800 g/mol. The average Bonchev–Trinajstić information content (AvgIpc) is 3.10. The van der Waals surface area contributed by atoms with Gasteiger partial charge in [0.2, 0.25) is 0 Å². The van der Waals surface area contributed by atoms with Gasteiger partial charge in [0.05, 0.1) is 24.2 Å². The Morgan fingerprint density at radius 3 is 1.53 bits per heavy atom. The molecule has 0 atom stereocenters. The first-order valence-corrected chi connectivity index (χ1v) is 18.1. The quantitative estimate of drug-likeness (QED) is 0.0930. The van der Waals surface area contributed by atoms with E-state index in [-0.39, 0.29) is 97.7 Å². The molecule has 0 saturated carbocycles. The van der Waals surface area contributed by atoms with Gasteiger partial charge < -0.3 is 25.6 Å². The van der Waals surface area contributed by atoms with Gasteiger partial charge in [-0.1, -0.05) is 54.0 Å². The van der Waals surface area contributed by atoms with E-state index in [1.165, 1.54) is 49.6 Å². The third-order valence-corrected chi connectivity index (χ3v) is 9.58. The number of carbonyl (C=O) groups excluding carboxylic acids is 1. The second-order valence-corrected chi connectivity index (χ2v) is 14.1. The van der Waals surface area contributed by atoms with Crippen molar-refractivity contribution < 1.29 is 105 Å². The molecule has 0 radical (unpaired) electrons. The number of amides is 2. The summed E-state index contributed by atoms with van der Waals surface area (Å²) >= 11 is 0. The second kappa shape index (κ2) is 17.5. The first kappa shape index (κ1) is 43.3. The zero-order chi connectivity index (χ0) is 38.1. The Hall–Kier alpha value is -4.47. The molecule has 6 rings (SSSR count). The van der Waals surface area contributed by atoms with Gasteiger partial charge in [0.25, 0.3) is 20.2 Å². The maximum atomic E-state index is 13.4. The summed E-state index contributed by atoms with van der Waals surface area (Å²) in [5.41, 5.74) is 0.291. The molecule has 0 aromatic heterocycles. The number of nitrogens with one attached hydrogen (secondary N) is 2. The number of para-hydroxylation sites is 1. The number of benzene rings is 6. The average molecular weight is 801 g/mol. The fourth-order valence-electron chi connectivity index (χ4n) is 5.30. The van der Waals surface area contributed by atoms with Crippen molar-refractivity contribution in [2.75, 3.05) is 17.7 Å². The van der Waals surface area contributed by atoms with Gasteiger partial charge in [-0.05, 0) is 88.6 Å². The Bertz CT molecular complexity index is 2750. The first-order chi connectivity index (χ1) is 25.1. The fourth-order valence-corrected chi connectivity index (χ4v) is 6.61. The molecule has 0 unspecified atom stereocenters. The molecule has 0 spiro atoms. The summed E-state index contributed by atoms with van der Waals surface area (Å²) in [7, 11) is -8.52. The largest absolute Gasteiger partial charge is 1.00 e. The number of nitrogens with zero attached hydrogens (tertiary/aromatic N) is 4. The van der Waals surface area contributed by atoms with E-state index in [0.717, 1.165) is 12.1 Å². The van der Waals surface area contributed by atoms with Gasteiger partial charge in [-0.3, -0.25) is 9.11 Å². The third kappa shape index (κ3) is 9.68. The molecule has 4 N–H and O–H groups in total. The summed E-state index contributed by atoms with van der Waals surface area (Å²) < 4.78 is 74.2. The summed E-state index contributed by atoms with van der Waals surface area (Å²) in [4.78, 5) is 11.4. The number of urea groups is 1. The first-order valence-electron chi connectivity index (χ1n) is 15.2. The number of hydrogen-bond acceptors (Lipinski definition) is 12. The van der Waals surface area contributed by atoms with Crippen LogP contribution in [0.25, 0.3) is 21.5 Å². The number of anilines is 2. The number of ether oxygens (including phenoxy) is 1. The number of rotatable bonds is 9. The molecule has 6 aromatic carbocycles. The van der Waals surface area contributed by atoms with Crippen molar-refractivity contribution in [2.24, 2.45) is 20.5 Å². The van der Waals surface area contributed by atoms with E-state index in [0.29, 0.717) is 17.0 Å². The molecule has 0 aliphatic rings. The Balaban J connectivity index is 0.00000336. The molecule has 0 aliphatic carbocycles. The van der Waals surface area contributed by atoms with Crippen LogP contribution in [-0.4, -0.2) is 39.1 Å². The van der Waals surface area contributed by atoms with Gasteiger partial charge in [0.15, 0.2) is 0 Å². The topological polar surface area (TPSA) is 255 Å². The van der Waals surface area contributed by atoms with Crippen LogP contribution in [0.5, 0.6) is 17.2 Å². The van der Waals surface area contributed by atoms with E-state index >= 15 is 0 Å². The van der Waals surface area contributed by atoms with E-state index in [2.05, 4.69) is 31.1 Å². The van der Waals surface area contributed by atoms with Gasteiger partial charge >= 0.3 is 65.1 Å². The van der Waals surface area contributed by atoms with Gasteiger partial charge in [-0.25, -0.2) is 4.79 Å². The number of aryl methyl sites for hydroxylation is 1. The van der Waals surface area contributed by atoms with E-state index < -0.39 is 58.9 Å². The molecule has 20 heteroatoms. The predicted molar refractivity (Wildman–Crippen MR) is 192 cm³/mol. The van der Waals surface area contributed by atoms with E-state index in [1.807, 2.05) is 0 Å². The normalized spacial score (nSPS) is 11.7. The zero-order valence-electron chi connectivity index (χ0n) is 29.5. The van der Waals surface area contributed by atoms with Crippen LogP contribution in [0.3, 0.4) is 0 Å². The molecule has 55 heavy (non-hydrogen) atoms. The van der Waals surface area contributed by atoms with Crippen molar-refractivity contribution in [3.63, 3.8) is 0 Å². The Morgan fingerprint density at radius 1 is 0.636 bits per heavy atom. The van der Waals surface area contributed by atoms with Crippen LogP contribution in [0.4, 0.5) is 38.9 Å². The summed E-state index contributed by atoms with van der Waals surface area (Å²) in [5.74, 6) is -1.38. The minimum Gasteiger partial charge on any atom is -0.871 e. The maximum Gasteiger partial charge on any atom is 1.00 e. The number of methoxy groups -OCH3 is 1. The standard InChI is InChI=1S/C35H28N6O10S2.2Na/c1-19-7-3-4-8-26(19)38-40-31-29(52(45,46)47)17-20-15-22(11-13-24(20)33(31)42)36-35(44)37-23-12-14-25-21(16-23)18-30(53(48,49)50)32(34(25)43)41-39-27-9-5-6-10-28(27)51-2;;/h3-18,42-43H,1-2H3,(H2,36,37,44)(H,45,46,47)(H,48,49,50);;/q;2*+1/p-2. The van der Waals surface area contributed by atoms with Crippen LogP contribution < -0.4 is 84.7 Å². The van der Waals surface area contributed by atoms with Crippen molar-refractivity contribution in [3.8, 4) is 17.2 Å². The Morgan fingerprint density at radius 2 is 1.07 bits per heavy atom. The molecule has 0 bridgehead atoms. The second-order valence-electron chi connectivity index (χ2n) is 11.4. The van der Waals surface area contributed by atoms with E-state index in [4.69, 9.17) is 4.74 Å². The van der Waals surface area contributed by atoms with Crippen molar-refractivity contribution in [3.05, 3.63) is 103 Å². The molecule has 0 fully saturated rings. The zero-order valence-corrected chi connectivity index (χ0v) is 35.1. The third-order valence-electron chi connectivity index (χ3n) is 7.85. The van der Waals surface area contributed by atoms with Gasteiger partial charge in [0, 0.05) is 11.4 Å². The summed E-state index contributed by atoms with van der Waals surface area (Å²) in [5, 5.41) is 47.5. The predicted octanol–water partition coefficient (Wildman–Crippen LogP) is 1.43. The van der Waals surface area contributed by atoms with Crippen molar-refractivity contribution in [2.45, 2.75) is 16.7 Å². The molecule has 270 valence electrons. The fraction of sp³-hybridized carbons (Fsp3) is 0.0571.